The average Bonchev–Trinajstić information content (AvgIpc) is 2.72. The van der Waals surface area contributed by atoms with Crippen molar-refractivity contribution in [3.8, 4) is 17.0 Å². The minimum atomic E-state index is 0.860. The van der Waals surface area contributed by atoms with E-state index in [9.17, 15) is 0 Å². The van der Waals surface area contributed by atoms with Gasteiger partial charge in [-0.25, -0.2) is 4.98 Å². The van der Waals surface area contributed by atoms with Gasteiger partial charge in [-0.05, 0) is 19.1 Å². The highest BCUT2D eigenvalue weighted by molar-refractivity contribution is 5.68. The van der Waals surface area contributed by atoms with Crippen molar-refractivity contribution < 1.29 is 4.74 Å². The van der Waals surface area contributed by atoms with Crippen LogP contribution in [0.5, 0.6) is 5.75 Å². The number of benzene rings is 1. The summed E-state index contributed by atoms with van der Waals surface area (Å²) >= 11 is 0. The Balaban J connectivity index is 0.000000686. The third kappa shape index (κ3) is 2.67. The molecule has 0 fully saturated rings. The summed E-state index contributed by atoms with van der Waals surface area (Å²) in [6.07, 6.45) is 1.82. The van der Waals surface area contributed by atoms with Gasteiger partial charge in [-0.1, -0.05) is 26.0 Å². The largest absolute Gasteiger partial charge is 0.496 e. The predicted molar refractivity (Wildman–Crippen MR) is 71.3 cm³/mol. The Morgan fingerprint density at radius 2 is 1.82 bits per heavy atom. The zero-order valence-electron chi connectivity index (χ0n) is 11.2. The van der Waals surface area contributed by atoms with E-state index in [0.717, 1.165) is 22.7 Å². The first-order valence-corrected chi connectivity index (χ1v) is 5.85. The van der Waals surface area contributed by atoms with E-state index < -0.39 is 0 Å². The highest BCUT2D eigenvalue weighted by atomic mass is 16.5. The summed E-state index contributed by atoms with van der Waals surface area (Å²) in [5, 5.41) is 0. The van der Waals surface area contributed by atoms with Gasteiger partial charge in [0.2, 0.25) is 0 Å². The third-order valence-electron chi connectivity index (χ3n) is 2.59. The van der Waals surface area contributed by atoms with Crippen LogP contribution in [0.2, 0.25) is 0 Å². The quantitative estimate of drug-likeness (QED) is 0.793. The van der Waals surface area contributed by atoms with E-state index in [0.29, 0.717) is 0 Å². The molecule has 0 spiro atoms. The third-order valence-corrected chi connectivity index (χ3v) is 2.59. The average molecular weight is 232 g/mol. The molecular weight excluding hydrogens is 212 g/mol. The highest BCUT2D eigenvalue weighted by Crippen LogP contribution is 2.30. The van der Waals surface area contributed by atoms with Crippen molar-refractivity contribution in [2.75, 3.05) is 7.11 Å². The fourth-order valence-electron chi connectivity index (χ4n) is 1.60. The monoisotopic (exact) mass is 232 g/mol. The molecule has 0 saturated carbocycles. The van der Waals surface area contributed by atoms with Crippen LogP contribution in [0.1, 0.15) is 19.5 Å². The summed E-state index contributed by atoms with van der Waals surface area (Å²) in [7, 11) is 3.67. The lowest BCUT2D eigenvalue weighted by Crippen LogP contribution is -1.91. The van der Waals surface area contributed by atoms with Crippen LogP contribution in [-0.2, 0) is 7.05 Å². The number of aromatic nitrogens is 2. The van der Waals surface area contributed by atoms with Crippen LogP contribution in [0.4, 0.5) is 0 Å². The molecule has 0 N–H and O–H groups in total. The number of hydrogen-bond donors (Lipinski definition) is 0. The first kappa shape index (κ1) is 13.3. The fourth-order valence-corrected chi connectivity index (χ4v) is 1.60. The molecule has 0 aliphatic rings. The fraction of sp³-hybridized carbons (Fsp3) is 0.357. The lowest BCUT2D eigenvalue weighted by molar-refractivity contribution is 0.416. The second-order valence-electron chi connectivity index (χ2n) is 3.49. The van der Waals surface area contributed by atoms with Crippen LogP contribution < -0.4 is 4.74 Å². The van der Waals surface area contributed by atoms with Gasteiger partial charge in [0.25, 0.3) is 0 Å². The highest BCUT2D eigenvalue weighted by Gasteiger charge is 2.10. The Morgan fingerprint density at radius 1 is 1.18 bits per heavy atom. The molecule has 0 radical (unpaired) electrons. The summed E-state index contributed by atoms with van der Waals surface area (Å²) in [5.41, 5.74) is 3.16. The van der Waals surface area contributed by atoms with Crippen molar-refractivity contribution >= 4 is 0 Å². The minimum absolute atomic E-state index is 0.860. The summed E-state index contributed by atoms with van der Waals surface area (Å²) in [6.45, 7) is 6.05. The van der Waals surface area contributed by atoms with Crippen LogP contribution in [0.3, 0.4) is 0 Å². The van der Waals surface area contributed by atoms with E-state index in [-0.39, 0.29) is 0 Å². The van der Waals surface area contributed by atoms with Gasteiger partial charge in [0.1, 0.15) is 5.75 Å². The second kappa shape index (κ2) is 6.09. The molecule has 3 heteroatoms. The molecule has 0 atom stereocenters. The van der Waals surface area contributed by atoms with Crippen molar-refractivity contribution in [1.82, 2.24) is 9.55 Å². The van der Waals surface area contributed by atoms with E-state index in [1.807, 2.05) is 56.1 Å². The first-order valence-electron chi connectivity index (χ1n) is 5.85. The van der Waals surface area contributed by atoms with Gasteiger partial charge in [-0.3, -0.25) is 0 Å². The second-order valence-corrected chi connectivity index (χ2v) is 3.49. The Bertz CT molecular complexity index is 475. The maximum atomic E-state index is 5.31. The maximum absolute atomic E-state index is 5.31. The Kier molecular flexibility index (Phi) is 4.76. The van der Waals surface area contributed by atoms with Crippen LogP contribution in [0, 0.1) is 6.92 Å². The number of methoxy groups -OCH3 is 1. The molecule has 1 heterocycles. The molecule has 1 aromatic heterocycles. The normalized spacial score (nSPS) is 9.47. The van der Waals surface area contributed by atoms with Crippen molar-refractivity contribution in [1.29, 1.82) is 0 Å². The number of rotatable bonds is 2. The van der Waals surface area contributed by atoms with Crippen molar-refractivity contribution in [3.05, 3.63) is 36.3 Å². The SMILES string of the molecule is CC.COc1ccccc1-c1ncn(C)c1C. The van der Waals surface area contributed by atoms with Gasteiger partial charge in [0.05, 0.1) is 19.1 Å². The summed E-state index contributed by atoms with van der Waals surface area (Å²) in [4.78, 5) is 4.38. The molecule has 2 rings (SSSR count). The molecule has 0 unspecified atom stereocenters. The summed E-state index contributed by atoms with van der Waals surface area (Å²) in [6, 6.07) is 7.92. The van der Waals surface area contributed by atoms with E-state index in [1.54, 1.807) is 7.11 Å². The number of hydrogen-bond acceptors (Lipinski definition) is 2. The van der Waals surface area contributed by atoms with Gasteiger partial charge in [-0.2, -0.15) is 0 Å². The van der Waals surface area contributed by atoms with Gasteiger partial charge >= 0.3 is 0 Å². The van der Waals surface area contributed by atoms with Gasteiger partial charge in [0, 0.05) is 18.3 Å². The standard InChI is InChI=1S/C12H14N2O.C2H6/c1-9-12(13-8-14(9)2)10-6-4-5-7-11(10)15-3;1-2/h4-8H,1-3H3;1-2H3. The molecule has 3 nitrogen and oxygen atoms in total. The molecule has 92 valence electrons. The van der Waals surface area contributed by atoms with Crippen LogP contribution in [-0.4, -0.2) is 16.7 Å². The molecule has 0 aliphatic carbocycles. The molecule has 1 aromatic carbocycles. The Morgan fingerprint density at radius 3 is 2.35 bits per heavy atom. The summed E-state index contributed by atoms with van der Waals surface area (Å²) < 4.78 is 7.32. The van der Waals surface area contributed by atoms with E-state index in [4.69, 9.17) is 4.74 Å². The zero-order valence-corrected chi connectivity index (χ0v) is 11.2. The number of para-hydroxylation sites is 1. The molecule has 0 amide bonds. The van der Waals surface area contributed by atoms with E-state index in [2.05, 4.69) is 11.9 Å². The predicted octanol–water partition coefficient (Wildman–Crippen LogP) is 3.43. The molecule has 0 saturated heterocycles. The molecular formula is C14H20N2O. The molecule has 0 aliphatic heterocycles. The number of ether oxygens (including phenoxy) is 1. The topological polar surface area (TPSA) is 27.1 Å². The van der Waals surface area contributed by atoms with Crippen molar-refractivity contribution in [2.45, 2.75) is 20.8 Å². The van der Waals surface area contributed by atoms with Crippen molar-refractivity contribution in [3.63, 3.8) is 0 Å². The van der Waals surface area contributed by atoms with Gasteiger partial charge < -0.3 is 9.30 Å². The number of aryl methyl sites for hydroxylation is 1. The van der Waals surface area contributed by atoms with Crippen LogP contribution in [0.15, 0.2) is 30.6 Å². The van der Waals surface area contributed by atoms with E-state index >= 15 is 0 Å². The Hall–Kier alpha value is -1.77. The maximum Gasteiger partial charge on any atom is 0.128 e. The first-order chi connectivity index (χ1) is 8.24. The molecule has 0 bridgehead atoms. The van der Waals surface area contributed by atoms with Gasteiger partial charge in [0.15, 0.2) is 0 Å². The van der Waals surface area contributed by atoms with Crippen molar-refractivity contribution in [2.24, 2.45) is 7.05 Å². The Labute approximate surface area is 103 Å². The smallest absolute Gasteiger partial charge is 0.128 e. The van der Waals surface area contributed by atoms with Crippen LogP contribution >= 0.6 is 0 Å². The van der Waals surface area contributed by atoms with E-state index in [1.165, 1.54) is 0 Å². The minimum Gasteiger partial charge on any atom is -0.496 e. The number of imidazole rings is 1. The summed E-state index contributed by atoms with van der Waals surface area (Å²) in [5.74, 6) is 0.860. The molecule has 2 aromatic rings. The number of nitrogens with zero attached hydrogens (tertiary/aromatic N) is 2. The lowest BCUT2D eigenvalue weighted by atomic mass is 10.1. The zero-order chi connectivity index (χ0) is 12.8. The molecule has 17 heavy (non-hydrogen) atoms. The lowest BCUT2D eigenvalue weighted by Gasteiger charge is -2.06. The van der Waals surface area contributed by atoms with Crippen LogP contribution in [0.25, 0.3) is 11.3 Å². The van der Waals surface area contributed by atoms with Gasteiger partial charge in [-0.15, -0.1) is 0 Å².